The lowest BCUT2D eigenvalue weighted by molar-refractivity contribution is -0.137. The minimum absolute atomic E-state index is 0.367. The van der Waals surface area contributed by atoms with E-state index in [0.29, 0.717) is 11.3 Å². The van der Waals surface area contributed by atoms with Gasteiger partial charge in [0, 0.05) is 6.21 Å². The Labute approximate surface area is 107 Å². The number of halogens is 4. The van der Waals surface area contributed by atoms with Crippen molar-refractivity contribution in [1.82, 2.24) is 0 Å². The Balaban J connectivity index is 2.13. The summed E-state index contributed by atoms with van der Waals surface area (Å²) in [6, 6.07) is 10.1. The minimum atomic E-state index is -4.34. The van der Waals surface area contributed by atoms with Crippen molar-refractivity contribution in [2.75, 3.05) is 0 Å². The van der Waals surface area contributed by atoms with E-state index in [-0.39, 0.29) is 5.82 Å². The Bertz CT molecular complexity index is 568. The summed E-state index contributed by atoms with van der Waals surface area (Å²) >= 11 is 0. The summed E-state index contributed by atoms with van der Waals surface area (Å²) in [4.78, 5) is 4.04. The van der Waals surface area contributed by atoms with Crippen molar-refractivity contribution in [2.24, 2.45) is 4.99 Å². The molecule has 19 heavy (non-hydrogen) atoms. The van der Waals surface area contributed by atoms with E-state index in [1.54, 1.807) is 0 Å². The van der Waals surface area contributed by atoms with E-state index >= 15 is 0 Å². The van der Waals surface area contributed by atoms with Crippen LogP contribution in [0.3, 0.4) is 0 Å². The molecular formula is C14H9F4N. The predicted octanol–water partition coefficient (Wildman–Crippen LogP) is 4.60. The normalized spacial score (nSPS) is 12.0. The highest BCUT2D eigenvalue weighted by atomic mass is 19.4. The maximum atomic E-state index is 12.6. The highest BCUT2D eigenvalue weighted by molar-refractivity contribution is 5.81. The third-order valence-electron chi connectivity index (χ3n) is 2.43. The van der Waals surface area contributed by atoms with Crippen LogP contribution in [0, 0.1) is 5.82 Å². The molecule has 0 N–H and O–H groups in total. The number of rotatable bonds is 2. The van der Waals surface area contributed by atoms with E-state index in [9.17, 15) is 17.6 Å². The Morgan fingerprint density at radius 1 is 0.842 bits per heavy atom. The molecule has 0 spiro atoms. The molecule has 0 saturated heterocycles. The van der Waals surface area contributed by atoms with Gasteiger partial charge in [0.05, 0.1) is 11.3 Å². The number of nitrogens with zero attached hydrogens (tertiary/aromatic N) is 1. The molecule has 0 unspecified atom stereocenters. The minimum Gasteiger partial charge on any atom is -0.256 e. The van der Waals surface area contributed by atoms with E-state index in [1.807, 2.05) is 0 Å². The van der Waals surface area contributed by atoms with Gasteiger partial charge >= 0.3 is 6.18 Å². The molecule has 0 fully saturated rings. The van der Waals surface area contributed by atoms with Crippen molar-refractivity contribution in [3.63, 3.8) is 0 Å². The fourth-order valence-corrected chi connectivity index (χ4v) is 1.43. The van der Waals surface area contributed by atoms with Crippen molar-refractivity contribution in [2.45, 2.75) is 6.18 Å². The zero-order valence-electron chi connectivity index (χ0n) is 9.66. The Hall–Kier alpha value is -2.17. The lowest BCUT2D eigenvalue weighted by atomic mass is 10.1. The Kier molecular flexibility index (Phi) is 3.64. The molecule has 0 aliphatic carbocycles. The molecule has 98 valence electrons. The Morgan fingerprint density at radius 3 is 1.95 bits per heavy atom. The van der Waals surface area contributed by atoms with Gasteiger partial charge in [-0.1, -0.05) is 12.1 Å². The van der Waals surface area contributed by atoms with Crippen LogP contribution in [0.5, 0.6) is 0 Å². The van der Waals surface area contributed by atoms with Crippen LogP contribution in [-0.2, 0) is 6.18 Å². The number of hydrogen-bond acceptors (Lipinski definition) is 1. The second kappa shape index (κ2) is 5.22. The molecule has 2 aromatic rings. The summed E-state index contributed by atoms with van der Waals surface area (Å²) in [7, 11) is 0. The molecule has 2 rings (SSSR count). The van der Waals surface area contributed by atoms with E-state index in [1.165, 1.54) is 42.6 Å². The maximum absolute atomic E-state index is 12.6. The molecule has 2 aromatic carbocycles. The van der Waals surface area contributed by atoms with Crippen LogP contribution in [0.1, 0.15) is 11.1 Å². The highest BCUT2D eigenvalue weighted by Gasteiger charge is 2.29. The van der Waals surface area contributed by atoms with Gasteiger partial charge in [-0.3, -0.25) is 4.99 Å². The van der Waals surface area contributed by atoms with Gasteiger partial charge in [-0.05, 0) is 42.0 Å². The third kappa shape index (κ3) is 3.64. The first-order valence-electron chi connectivity index (χ1n) is 5.42. The van der Waals surface area contributed by atoms with E-state index in [4.69, 9.17) is 0 Å². The third-order valence-corrected chi connectivity index (χ3v) is 2.43. The fourth-order valence-electron chi connectivity index (χ4n) is 1.43. The van der Waals surface area contributed by atoms with E-state index in [0.717, 1.165) is 12.1 Å². The largest absolute Gasteiger partial charge is 0.416 e. The molecule has 0 aliphatic rings. The predicted molar refractivity (Wildman–Crippen MR) is 65.1 cm³/mol. The topological polar surface area (TPSA) is 12.4 Å². The van der Waals surface area contributed by atoms with Crippen LogP contribution in [0.15, 0.2) is 53.5 Å². The van der Waals surface area contributed by atoms with Crippen molar-refractivity contribution in [3.05, 3.63) is 65.5 Å². The van der Waals surface area contributed by atoms with Crippen LogP contribution in [0.2, 0.25) is 0 Å². The van der Waals surface area contributed by atoms with Crippen LogP contribution in [0.25, 0.3) is 0 Å². The first-order valence-corrected chi connectivity index (χ1v) is 5.42. The average molecular weight is 267 g/mol. The summed E-state index contributed by atoms with van der Waals surface area (Å²) in [6.45, 7) is 0. The molecule has 0 atom stereocenters. The number of alkyl halides is 3. The standard InChI is InChI=1S/C14H9F4N/c15-12-5-7-13(8-6-12)19-9-10-1-3-11(4-2-10)14(16,17)18/h1-9H. The van der Waals surface area contributed by atoms with Crippen LogP contribution >= 0.6 is 0 Å². The molecular weight excluding hydrogens is 258 g/mol. The van der Waals surface area contributed by atoms with Gasteiger partial charge in [-0.2, -0.15) is 13.2 Å². The molecule has 0 aromatic heterocycles. The van der Waals surface area contributed by atoms with Gasteiger partial charge in [0.2, 0.25) is 0 Å². The molecule has 5 heteroatoms. The molecule has 0 radical (unpaired) electrons. The van der Waals surface area contributed by atoms with Gasteiger partial charge in [-0.25, -0.2) is 4.39 Å². The molecule has 0 bridgehead atoms. The quantitative estimate of drug-likeness (QED) is 0.557. The van der Waals surface area contributed by atoms with Crippen LogP contribution < -0.4 is 0 Å². The monoisotopic (exact) mass is 267 g/mol. The number of hydrogen-bond donors (Lipinski definition) is 0. The second-order valence-electron chi connectivity index (χ2n) is 3.85. The first kappa shape index (κ1) is 13.3. The number of aliphatic imine (C=N–C) groups is 1. The molecule has 1 nitrogen and oxygen atoms in total. The zero-order valence-corrected chi connectivity index (χ0v) is 9.66. The van der Waals surface area contributed by atoms with Crippen LogP contribution in [0.4, 0.5) is 23.2 Å². The zero-order chi connectivity index (χ0) is 13.9. The second-order valence-corrected chi connectivity index (χ2v) is 3.85. The summed E-state index contributed by atoms with van der Waals surface area (Å²) in [5.41, 5.74) is 0.366. The Morgan fingerprint density at radius 2 is 1.42 bits per heavy atom. The molecule has 0 saturated carbocycles. The number of benzene rings is 2. The summed E-state index contributed by atoms with van der Waals surface area (Å²) < 4.78 is 49.7. The van der Waals surface area contributed by atoms with Gasteiger partial charge in [0.25, 0.3) is 0 Å². The molecule has 0 heterocycles. The van der Waals surface area contributed by atoms with Crippen molar-refractivity contribution >= 4 is 11.9 Å². The highest BCUT2D eigenvalue weighted by Crippen LogP contribution is 2.28. The molecule has 0 aliphatic heterocycles. The van der Waals surface area contributed by atoms with Gasteiger partial charge in [0.15, 0.2) is 0 Å². The van der Waals surface area contributed by atoms with Crippen molar-refractivity contribution in [3.8, 4) is 0 Å². The smallest absolute Gasteiger partial charge is 0.256 e. The van der Waals surface area contributed by atoms with E-state index < -0.39 is 11.7 Å². The van der Waals surface area contributed by atoms with Gasteiger partial charge in [-0.15, -0.1) is 0 Å². The fraction of sp³-hybridized carbons (Fsp3) is 0.0714. The molecule has 0 amide bonds. The van der Waals surface area contributed by atoms with Crippen molar-refractivity contribution < 1.29 is 17.6 Å². The lowest BCUT2D eigenvalue weighted by Gasteiger charge is -2.05. The maximum Gasteiger partial charge on any atom is 0.416 e. The average Bonchev–Trinajstić information content (AvgIpc) is 2.37. The van der Waals surface area contributed by atoms with Crippen LogP contribution in [-0.4, -0.2) is 6.21 Å². The van der Waals surface area contributed by atoms with E-state index in [2.05, 4.69) is 4.99 Å². The van der Waals surface area contributed by atoms with Gasteiger partial charge < -0.3 is 0 Å². The summed E-state index contributed by atoms with van der Waals surface area (Å²) in [6.07, 6.45) is -2.92. The first-order chi connectivity index (χ1) is 8.95. The van der Waals surface area contributed by atoms with Crippen molar-refractivity contribution in [1.29, 1.82) is 0 Å². The van der Waals surface area contributed by atoms with Gasteiger partial charge in [0.1, 0.15) is 5.82 Å². The lowest BCUT2D eigenvalue weighted by Crippen LogP contribution is -2.04. The SMILES string of the molecule is Fc1ccc(N=Cc2ccc(C(F)(F)F)cc2)cc1. The summed E-state index contributed by atoms with van der Waals surface area (Å²) in [5, 5.41) is 0. The summed E-state index contributed by atoms with van der Waals surface area (Å²) in [5.74, 6) is -0.367.